The SMILES string of the molecule is N[C@H](c1ccc(O)cc1F)[C@@H](N)c1ccc(O)cc1F. The van der Waals surface area contributed by atoms with E-state index in [2.05, 4.69) is 0 Å². The van der Waals surface area contributed by atoms with Crippen LogP contribution in [0.3, 0.4) is 0 Å². The van der Waals surface area contributed by atoms with Crippen molar-refractivity contribution in [3.63, 3.8) is 0 Å². The fourth-order valence-electron chi connectivity index (χ4n) is 1.96. The summed E-state index contributed by atoms with van der Waals surface area (Å²) in [5, 5.41) is 18.3. The Labute approximate surface area is 114 Å². The van der Waals surface area contributed by atoms with Crippen LogP contribution < -0.4 is 11.5 Å². The molecule has 0 aliphatic rings. The van der Waals surface area contributed by atoms with Crippen molar-refractivity contribution in [3.05, 3.63) is 59.2 Å². The van der Waals surface area contributed by atoms with E-state index in [1.54, 1.807) is 0 Å². The van der Waals surface area contributed by atoms with Gasteiger partial charge >= 0.3 is 0 Å². The molecule has 0 saturated heterocycles. The first-order valence-corrected chi connectivity index (χ1v) is 5.88. The minimum Gasteiger partial charge on any atom is -0.508 e. The smallest absolute Gasteiger partial charge is 0.131 e. The first-order valence-electron chi connectivity index (χ1n) is 5.88. The van der Waals surface area contributed by atoms with E-state index in [1.165, 1.54) is 24.3 Å². The molecule has 0 radical (unpaired) electrons. The van der Waals surface area contributed by atoms with Crippen molar-refractivity contribution >= 4 is 0 Å². The first-order chi connectivity index (χ1) is 9.40. The highest BCUT2D eigenvalue weighted by Crippen LogP contribution is 2.30. The van der Waals surface area contributed by atoms with Gasteiger partial charge in [-0.05, 0) is 12.1 Å². The number of phenolic OH excluding ortho intramolecular Hbond substituents is 2. The second kappa shape index (κ2) is 5.44. The van der Waals surface area contributed by atoms with Crippen LogP contribution in [0.5, 0.6) is 11.5 Å². The lowest BCUT2D eigenvalue weighted by Crippen LogP contribution is -2.28. The molecule has 0 aromatic heterocycles. The van der Waals surface area contributed by atoms with Crippen LogP contribution in [0.4, 0.5) is 8.78 Å². The molecular weight excluding hydrogens is 266 g/mol. The Hall–Kier alpha value is -2.18. The average Bonchev–Trinajstić information content (AvgIpc) is 2.37. The molecule has 20 heavy (non-hydrogen) atoms. The summed E-state index contributed by atoms with van der Waals surface area (Å²) < 4.78 is 27.4. The fourth-order valence-corrected chi connectivity index (χ4v) is 1.96. The molecule has 0 aliphatic heterocycles. The summed E-state index contributed by atoms with van der Waals surface area (Å²) in [6, 6.07) is 4.99. The van der Waals surface area contributed by atoms with E-state index < -0.39 is 23.7 Å². The van der Waals surface area contributed by atoms with Crippen molar-refractivity contribution in [2.24, 2.45) is 11.5 Å². The normalized spacial score (nSPS) is 14.0. The molecule has 2 rings (SSSR count). The second-order valence-electron chi connectivity index (χ2n) is 4.46. The predicted molar refractivity (Wildman–Crippen MR) is 70.0 cm³/mol. The van der Waals surface area contributed by atoms with Gasteiger partial charge in [-0.1, -0.05) is 12.1 Å². The summed E-state index contributed by atoms with van der Waals surface area (Å²) in [7, 11) is 0. The number of halogens is 2. The number of hydrogen-bond acceptors (Lipinski definition) is 4. The zero-order valence-corrected chi connectivity index (χ0v) is 10.4. The van der Waals surface area contributed by atoms with Crippen molar-refractivity contribution in [3.8, 4) is 11.5 Å². The van der Waals surface area contributed by atoms with Crippen LogP contribution in [0, 0.1) is 11.6 Å². The van der Waals surface area contributed by atoms with Crippen LogP contribution in [-0.4, -0.2) is 10.2 Å². The molecule has 0 fully saturated rings. The van der Waals surface area contributed by atoms with Crippen LogP contribution in [0.2, 0.25) is 0 Å². The van der Waals surface area contributed by atoms with Crippen molar-refractivity contribution in [2.75, 3.05) is 0 Å². The van der Waals surface area contributed by atoms with E-state index in [9.17, 15) is 8.78 Å². The Morgan fingerprint density at radius 1 is 0.750 bits per heavy atom. The van der Waals surface area contributed by atoms with Gasteiger partial charge in [0, 0.05) is 23.3 Å². The topological polar surface area (TPSA) is 92.5 Å². The summed E-state index contributed by atoms with van der Waals surface area (Å²) >= 11 is 0. The maximum Gasteiger partial charge on any atom is 0.131 e. The molecule has 6 heteroatoms. The zero-order valence-electron chi connectivity index (χ0n) is 10.4. The van der Waals surface area contributed by atoms with Crippen molar-refractivity contribution < 1.29 is 19.0 Å². The molecular formula is C14H14F2N2O2. The highest BCUT2D eigenvalue weighted by atomic mass is 19.1. The Kier molecular flexibility index (Phi) is 3.87. The number of rotatable bonds is 3. The molecule has 6 N–H and O–H groups in total. The van der Waals surface area contributed by atoms with Gasteiger partial charge < -0.3 is 21.7 Å². The lowest BCUT2D eigenvalue weighted by Gasteiger charge is -2.21. The number of hydrogen-bond donors (Lipinski definition) is 4. The van der Waals surface area contributed by atoms with E-state index in [0.29, 0.717) is 0 Å². The highest BCUT2D eigenvalue weighted by Gasteiger charge is 2.23. The number of nitrogens with two attached hydrogens (primary N) is 2. The number of phenols is 2. The van der Waals surface area contributed by atoms with E-state index in [1.807, 2.05) is 0 Å². The molecule has 0 heterocycles. The minimum absolute atomic E-state index is 0.0720. The molecule has 0 unspecified atom stereocenters. The van der Waals surface area contributed by atoms with E-state index in [4.69, 9.17) is 21.7 Å². The largest absolute Gasteiger partial charge is 0.508 e. The third-order valence-electron chi connectivity index (χ3n) is 3.07. The van der Waals surface area contributed by atoms with Gasteiger partial charge in [-0.15, -0.1) is 0 Å². The second-order valence-corrected chi connectivity index (χ2v) is 4.46. The lowest BCUT2D eigenvalue weighted by atomic mass is 9.94. The van der Waals surface area contributed by atoms with Crippen LogP contribution in [0.25, 0.3) is 0 Å². The monoisotopic (exact) mass is 280 g/mol. The van der Waals surface area contributed by atoms with Gasteiger partial charge in [-0.3, -0.25) is 0 Å². The molecule has 0 bridgehead atoms. The lowest BCUT2D eigenvalue weighted by molar-refractivity contribution is 0.456. The first kappa shape index (κ1) is 14.2. The highest BCUT2D eigenvalue weighted by molar-refractivity contribution is 5.35. The molecule has 0 amide bonds. The molecule has 2 aromatic carbocycles. The summed E-state index contributed by atoms with van der Waals surface area (Å²) in [6.07, 6.45) is 0. The Balaban J connectivity index is 2.34. The van der Waals surface area contributed by atoms with E-state index in [0.717, 1.165) is 12.1 Å². The van der Waals surface area contributed by atoms with Gasteiger partial charge in [-0.25, -0.2) is 8.78 Å². The molecule has 0 saturated carbocycles. The third kappa shape index (κ3) is 2.71. The van der Waals surface area contributed by atoms with Gasteiger partial charge in [0.1, 0.15) is 23.1 Å². The van der Waals surface area contributed by atoms with Gasteiger partial charge in [0.15, 0.2) is 0 Å². The van der Waals surface area contributed by atoms with Gasteiger partial charge in [0.2, 0.25) is 0 Å². The number of benzene rings is 2. The zero-order chi connectivity index (χ0) is 14.9. The fraction of sp³-hybridized carbons (Fsp3) is 0.143. The van der Waals surface area contributed by atoms with E-state index >= 15 is 0 Å². The summed E-state index contributed by atoms with van der Waals surface area (Å²) in [4.78, 5) is 0. The van der Waals surface area contributed by atoms with Gasteiger partial charge in [0.05, 0.1) is 12.1 Å². The molecule has 0 aliphatic carbocycles. The van der Waals surface area contributed by atoms with Crippen LogP contribution in [0.15, 0.2) is 36.4 Å². The molecule has 2 aromatic rings. The molecule has 4 nitrogen and oxygen atoms in total. The van der Waals surface area contributed by atoms with Gasteiger partial charge in [0.25, 0.3) is 0 Å². The van der Waals surface area contributed by atoms with Crippen LogP contribution in [-0.2, 0) is 0 Å². The van der Waals surface area contributed by atoms with E-state index in [-0.39, 0.29) is 22.6 Å². The average molecular weight is 280 g/mol. The van der Waals surface area contributed by atoms with Crippen LogP contribution in [0.1, 0.15) is 23.2 Å². The van der Waals surface area contributed by atoms with Crippen molar-refractivity contribution in [1.82, 2.24) is 0 Å². The van der Waals surface area contributed by atoms with Crippen molar-refractivity contribution in [2.45, 2.75) is 12.1 Å². The van der Waals surface area contributed by atoms with Crippen LogP contribution >= 0.6 is 0 Å². The summed E-state index contributed by atoms with van der Waals surface area (Å²) in [5.41, 5.74) is 11.8. The third-order valence-corrected chi connectivity index (χ3v) is 3.07. The Morgan fingerprint density at radius 2 is 1.10 bits per heavy atom. The summed E-state index contributed by atoms with van der Waals surface area (Å²) in [5.74, 6) is -1.90. The Morgan fingerprint density at radius 3 is 1.40 bits per heavy atom. The maximum atomic E-state index is 13.7. The predicted octanol–water partition coefficient (Wildman–Crippen LogP) is 2.08. The quantitative estimate of drug-likeness (QED) is 0.692. The van der Waals surface area contributed by atoms with Gasteiger partial charge in [-0.2, -0.15) is 0 Å². The molecule has 106 valence electrons. The minimum atomic E-state index is -0.991. The number of aromatic hydroxyl groups is 2. The maximum absolute atomic E-state index is 13.7. The standard InChI is InChI=1S/C14H14F2N2O2/c15-11-5-7(19)1-3-9(11)13(17)14(18)10-4-2-8(20)6-12(10)16/h1-6,13-14,19-20H,17-18H2/t13-,14+. The molecule has 2 atom stereocenters. The summed E-state index contributed by atoms with van der Waals surface area (Å²) in [6.45, 7) is 0. The molecule has 0 spiro atoms. The van der Waals surface area contributed by atoms with Crippen molar-refractivity contribution in [1.29, 1.82) is 0 Å². The Bertz CT molecular complexity index is 579.